The molecule has 0 saturated carbocycles. The molecule has 0 aliphatic heterocycles. The van der Waals surface area contributed by atoms with E-state index in [1.165, 1.54) is 70.7 Å². The first kappa shape index (κ1) is 36.9. The maximum Gasteiger partial charge on any atom is 0.160 e. The van der Waals surface area contributed by atoms with Crippen molar-refractivity contribution in [2.24, 2.45) is 0 Å². The number of rotatable bonds is 6. The number of hydrogen-bond acceptors (Lipinski definition) is 2. The molecule has 0 unspecified atom stereocenters. The molecule has 0 amide bonds. The highest BCUT2D eigenvalue weighted by atomic mass is 15.0. The van der Waals surface area contributed by atoms with Gasteiger partial charge < -0.3 is 4.57 Å². The Kier molecular flexibility index (Phi) is 8.53. The monoisotopic (exact) mass is 825 g/mol. The van der Waals surface area contributed by atoms with E-state index < -0.39 is 0 Å². The van der Waals surface area contributed by atoms with E-state index in [-0.39, 0.29) is 0 Å². The zero-order valence-electron chi connectivity index (χ0n) is 35.4. The third-order valence-corrected chi connectivity index (χ3v) is 13.2. The number of aromatic nitrogens is 3. The molecule has 0 saturated heterocycles. The topological polar surface area (TPSA) is 30.7 Å². The van der Waals surface area contributed by atoms with Crippen molar-refractivity contribution < 1.29 is 0 Å². The zero-order valence-corrected chi connectivity index (χ0v) is 35.4. The molecule has 0 aliphatic rings. The van der Waals surface area contributed by atoms with Crippen molar-refractivity contribution >= 4 is 64.9 Å². The number of nitrogens with zero attached hydrogens (tertiary/aromatic N) is 3. The quantitative estimate of drug-likeness (QED) is 0.123. The Bertz CT molecular complexity index is 3980. The fourth-order valence-corrected chi connectivity index (χ4v) is 10.4. The van der Waals surface area contributed by atoms with Crippen LogP contribution in [0.3, 0.4) is 0 Å². The Hall–Kier alpha value is -8.66. The fraction of sp³-hybridized carbons (Fsp3) is 0. The Morgan fingerprint density at radius 3 is 1.57 bits per heavy atom. The van der Waals surface area contributed by atoms with E-state index in [4.69, 9.17) is 9.97 Å². The predicted molar refractivity (Wildman–Crippen MR) is 274 cm³/mol. The molecule has 3 heteroatoms. The van der Waals surface area contributed by atoms with Crippen molar-refractivity contribution in [3.8, 4) is 61.8 Å². The molecule has 2 aromatic heterocycles. The molecule has 13 rings (SSSR count). The van der Waals surface area contributed by atoms with Crippen LogP contribution in [0.4, 0.5) is 0 Å². The highest BCUT2D eigenvalue weighted by Crippen LogP contribution is 2.49. The second-order valence-corrected chi connectivity index (χ2v) is 16.8. The summed E-state index contributed by atoms with van der Waals surface area (Å²) in [6, 6.07) is 85.2. The minimum Gasteiger partial charge on any atom is -0.309 e. The molecule has 2 heterocycles. The lowest BCUT2D eigenvalue weighted by molar-refractivity contribution is 1.18. The van der Waals surface area contributed by atoms with Crippen molar-refractivity contribution in [3.05, 3.63) is 237 Å². The van der Waals surface area contributed by atoms with Gasteiger partial charge >= 0.3 is 0 Å². The van der Waals surface area contributed by atoms with Gasteiger partial charge in [-0.05, 0) is 95.7 Å². The maximum absolute atomic E-state index is 5.42. The molecule has 3 nitrogen and oxygen atoms in total. The Balaban J connectivity index is 1.09. The third kappa shape index (κ3) is 5.90. The largest absolute Gasteiger partial charge is 0.309 e. The molecule has 0 aliphatic carbocycles. The lowest BCUT2D eigenvalue weighted by Gasteiger charge is -2.21. The third-order valence-electron chi connectivity index (χ3n) is 13.2. The van der Waals surface area contributed by atoms with Gasteiger partial charge in [0.25, 0.3) is 0 Å². The maximum atomic E-state index is 5.42. The average Bonchev–Trinajstić information content (AvgIpc) is 3.73. The summed E-state index contributed by atoms with van der Waals surface area (Å²) < 4.78 is 2.36. The van der Waals surface area contributed by atoms with E-state index in [2.05, 4.69) is 235 Å². The number of hydrogen-bond donors (Lipinski definition) is 0. The first-order valence-corrected chi connectivity index (χ1v) is 22.2. The van der Waals surface area contributed by atoms with Gasteiger partial charge in [-0.15, -0.1) is 0 Å². The van der Waals surface area contributed by atoms with Gasteiger partial charge in [-0.3, -0.25) is 0 Å². The summed E-state index contributed by atoms with van der Waals surface area (Å²) in [5, 5.41) is 12.1. The number of para-hydroxylation sites is 2. The van der Waals surface area contributed by atoms with Crippen molar-refractivity contribution in [1.82, 2.24) is 14.5 Å². The normalized spacial score (nSPS) is 11.7. The summed E-state index contributed by atoms with van der Waals surface area (Å²) in [6.45, 7) is 0. The van der Waals surface area contributed by atoms with Crippen molar-refractivity contribution in [1.29, 1.82) is 0 Å². The van der Waals surface area contributed by atoms with Gasteiger partial charge in [-0.1, -0.05) is 206 Å². The summed E-state index contributed by atoms with van der Waals surface area (Å²) in [6.07, 6.45) is 0. The van der Waals surface area contributed by atoms with Crippen LogP contribution in [-0.4, -0.2) is 14.5 Å². The van der Waals surface area contributed by atoms with E-state index in [1.54, 1.807) is 0 Å². The molecule has 0 fully saturated rings. The standard InChI is InChI=1S/C62H39N3/c1-4-20-41(21-5-1)58-48-29-14-15-30-49(48)61(60-44-26-11-10-19-40(44)35-36-53(58)60)50-38-37-47(45-27-12-13-28-46(45)50)54-39-55(64-62(63-54)42-22-6-2-7-23-42)51-32-18-34-57-59(51)52-31-16-17-33-56(52)65(57)43-24-8-3-9-25-43/h1-39H. The Morgan fingerprint density at radius 1 is 0.292 bits per heavy atom. The van der Waals surface area contributed by atoms with Crippen LogP contribution >= 0.6 is 0 Å². The van der Waals surface area contributed by atoms with Crippen LogP contribution < -0.4 is 0 Å². The number of fused-ring (bicyclic) bond motifs is 8. The van der Waals surface area contributed by atoms with Crippen molar-refractivity contribution in [2.45, 2.75) is 0 Å². The van der Waals surface area contributed by atoms with Gasteiger partial charge in [-0.25, -0.2) is 9.97 Å². The van der Waals surface area contributed by atoms with Crippen LogP contribution in [0.2, 0.25) is 0 Å². The minimum atomic E-state index is 0.690. The van der Waals surface area contributed by atoms with E-state index >= 15 is 0 Å². The molecule has 0 radical (unpaired) electrons. The van der Waals surface area contributed by atoms with Gasteiger partial charge in [0.05, 0.1) is 22.4 Å². The van der Waals surface area contributed by atoms with E-state index in [0.717, 1.165) is 50.2 Å². The van der Waals surface area contributed by atoms with Gasteiger partial charge in [0.1, 0.15) is 0 Å². The van der Waals surface area contributed by atoms with Crippen LogP contribution in [0.15, 0.2) is 237 Å². The first-order chi connectivity index (χ1) is 32.3. The van der Waals surface area contributed by atoms with Crippen molar-refractivity contribution in [2.75, 3.05) is 0 Å². The van der Waals surface area contributed by atoms with Crippen LogP contribution in [0.25, 0.3) is 127 Å². The van der Waals surface area contributed by atoms with Gasteiger partial charge in [0.2, 0.25) is 0 Å². The average molecular weight is 826 g/mol. The molecular weight excluding hydrogens is 787 g/mol. The summed E-state index contributed by atoms with van der Waals surface area (Å²) in [7, 11) is 0. The predicted octanol–water partition coefficient (Wildman–Crippen LogP) is 16.5. The van der Waals surface area contributed by atoms with E-state index in [0.29, 0.717) is 5.82 Å². The van der Waals surface area contributed by atoms with Crippen LogP contribution in [-0.2, 0) is 0 Å². The Morgan fingerprint density at radius 2 is 0.831 bits per heavy atom. The smallest absolute Gasteiger partial charge is 0.160 e. The molecule has 11 aromatic carbocycles. The molecule has 13 aromatic rings. The van der Waals surface area contributed by atoms with Crippen LogP contribution in [0.5, 0.6) is 0 Å². The molecule has 0 N–H and O–H groups in total. The zero-order chi connectivity index (χ0) is 42.8. The van der Waals surface area contributed by atoms with Crippen molar-refractivity contribution in [3.63, 3.8) is 0 Å². The highest BCUT2D eigenvalue weighted by molar-refractivity contribution is 6.29. The lowest BCUT2D eigenvalue weighted by Crippen LogP contribution is -1.98. The minimum absolute atomic E-state index is 0.690. The summed E-state index contributed by atoms with van der Waals surface area (Å²) in [5.74, 6) is 0.690. The number of benzene rings is 11. The second kappa shape index (κ2) is 15.0. The van der Waals surface area contributed by atoms with Gasteiger partial charge in [0.15, 0.2) is 5.82 Å². The van der Waals surface area contributed by atoms with E-state index in [1.807, 2.05) is 6.07 Å². The SMILES string of the molecule is c1ccc(-c2nc(-c3ccc(-c4c5ccccc5c(-c5ccccc5)c5ccc6ccccc6c45)c4ccccc34)cc(-c3cccc4c3c3ccccc3n4-c3ccccc3)n2)cc1. The molecule has 302 valence electrons. The molecule has 65 heavy (non-hydrogen) atoms. The summed E-state index contributed by atoms with van der Waals surface area (Å²) >= 11 is 0. The van der Waals surface area contributed by atoms with Crippen LogP contribution in [0, 0.1) is 0 Å². The Labute approximate surface area is 376 Å². The molecular formula is C62H39N3. The van der Waals surface area contributed by atoms with Gasteiger partial charge in [-0.2, -0.15) is 0 Å². The highest BCUT2D eigenvalue weighted by Gasteiger charge is 2.23. The summed E-state index contributed by atoms with van der Waals surface area (Å²) in [4.78, 5) is 10.8. The second-order valence-electron chi connectivity index (χ2n) is 16.8. The molecule has 0 spiro atoms. The summed E-state index contributed by atoms with van der Waals surface area (Å²) in [5.41, 5.74) is 13.2. The fourth-order valence-electron chi connectivity index (χ4n) is 10.4. The van der Waals surface area contributed by atoms with Gasteiger partial charge in [0, 0.05) is 33.2 Å². The molecule has 0 bridgehead atoms. The lowest BCUT2D eigenvalue weighted by atomic mass is 9.82. The van der Waals surface area contributed by atoms with Crippen LogP contribution in [0.1, 0.15) is 0 Å². The first-order valence-electron chi connectivity index (χ1n) is 22.2. The molecule has 0 atom stereocenters. The van der Waals surface area contributed by atoms with E-state index in [9.17, 15) is 0 Å².